The van der Waals surface area contributed by atoms with E-state index in [-0.39, 0.29) is 20.9 Å². The normalized spacial score (nSPS) is 13.4. The van der Waals surface area contributed by atoms with Crippen molar-refractivity contribution in [1.82, 2.24) is 0 Å². The molecule has 0 atom stereocenters. The van der Waals surface area contributed by atoms with Crippen molar-refractivity contribution in [3.63, 3.8) is 0 Å². The molecule has 0 saturated carbocycles. The van der Waals surface area contributed by atoms with E-state index >= 15 is 0 Å². The lowest BCUT2D eigenvalue weighted by molar-refractivity contribution is -0.0601. The van der Waals surface area contributed by atoms with Crippen LogP contribution >= 0.6 is 0 Å². The second-order valence-electron chi connectivity index (χ2n) is 6.63. The quantitative estimate of drug-likeness (QED) is 0.335. The fraction of sp³-hybridized carbons (Fsp3) is 0.333. The van der Waals surface area contributed by atoms with Crippen molar-refractivity contribution < 1.29 is 51.0 Å². The molecule has 15 heteroatoms. The van der Waals surface area contributed by atoms with E-state index in [4.69, 9.17) is 0 Å². The van der Waals surface area contributed by atoms with E-state index in [0.29, 0.717) is 0 Å². The van der Waals surface area contributed by atoms with Gasteiger partial charge >= 0.3 is 15.6 Å². The molecule has 0 bridgehead atoms. The summed E-state index contributed by atoms with van der Waals surface area (Å²) in [5, 5.41) is 0. The molecule has 0 heterocycles. The molecule has 0 N–H and O–H groups in total. The van der Waals surface area contributed by atoms with Gasteiger partial charge in [-0.15, -0.1) is 0 Å². The highest BCUT2D eigenvalue weighted by atomic mass is 32.2. The molecular weight excluding hydrogens is 513 g/mol. The highest BCUT2D eigenvalue weighted by Crippen LogP contribution is 2.27. The van der Waals surface area contributed by atoms with Gasteiger partial charge in [-0.2, -0.15) is 38.4 Å². The Morgan fingerprint density at radius 2 is 1.09 bits per heavy atom. The first-order chi connectivity index (χ1) is 15.1. The Balaban J connectivity index is 2.27. The zero-order valence-electron chi connectivity index (χ0n) is 17.1. The topological polar surface area (TPSA) is 130 Å². The van der Waals surface area contributed by atoms with Crippen LogP contribution in [0.25, 0.3) is 0 Å². The molecule has 0 radical (unpaired) electrons. The number of hydrogen-bond acceptors (Lipinski definition) is 9. The summed E-state index contributed by atoms with van der Waals surface area (Å²) in [7, 11) is -15.3. The van der Waals surface area contributed by atoms with Crippen molar-refractivity contribution in [2.24, 2.45) is 0 Å². The van der Waals surface area contributed by atoms with Gasteiger partial charge < -0.3 is 0 Å². The predicted molar refractivity (Wildman–Crippen MR) is 108 cm³/mol. The SMILES string of the molecule is Cc1ccccc1S(=O)(=O)OCC(COS(=O)(=O)c1ccccc1C)OS(=O)(=O)C(F)(F)F. The van der Waals surface area contributed by atoms with Crippen LogP contribution in [0.4, 0.5) is 13.2 Å². The molecule has 9 nitrogen and oxygen atoms in total. The molecule has 0 spiro atoms. The summed E-state index contributed by atoms with van der Waals surface area (Å²) in [6, 6.07) is 11.0. The highest BCUT2D eigenvalue weighted by molar-refractivity contribution is 7.87. The maximum absolute atomic E-state index is 12.7. The molecule has 0 unspecified atom stereocenters. The van der Waals surface area contributed by atoms with E-state index in [1.165, 1.54) is 50.2 Å². The minimum Gasteiger partial charge on any atom is -0.263 e. The molecule has 0 fully saturated rings. The van der Waals surface area contributed by atoms with E-state index in [1.807, 2.05) is 0 Å². The van der Waals surface area contributed by atoms with E-state index < -0.39 is 55.2 Å². The van der Waals surface area contributed by atoms with E-state index in [9.17, 15) is 38.4 Å². The fourth-order valence-electron chi connectivity index (χ4n) is 2.47. The van der Waals surface area contributed by atoms with Gasteiger partial charge in [0.15, 0.2) is 0 Å². The molecule has 2 aromatic carbocycles. The summed E-state index contributed by atoms with van der Waals surface area (Å²) in [5.74, 6) is 0. The van der Waals surface area contributed by atoms with Gasteiger partial charge in [0.2, 0.25) is 0 Å². The third-order valence-corrected chi connectivity index (χ3v) is 8.07. The summed E-state index contributed by atoms with van der Waals surface area (Å²) >= 11 is 0. The van der Waals surface area contributed by atoms with Gasteiger partial charge in [0.25, 0.3) is 20.2 Å². The van der Waals surface area contributed by atoms with Crippen molar-refractivity contribution in [2.75, 3.05) is 13.2 Å². The van der Waals surface area contributed by atoms with Crippen molar-refractivity contribution >= 4 is 30.4 Å². The molecule has 0 aliphatic rings. The van der Waals surface area contributed by atoms with Crippen LogP contribution in [0.15, 0.2) is 58.3 Å². The number of rotatable bonds is 10. The van der Waals surface area contributed by atoms with E-state index in [0.717, 1.165) is 12.1 Å². The van der Waals surface area contributed by atoms with Crippen LogP contribution in [-0.2, 0) is 42.9 Å². The van der Waals surface area contributed by atoms with E-state index in [2.05, 4.69) is 12.5 Å². The minimum absolute atomic E-state index is 0.247. The lowest BCUT2D eigenvalue weighted by Crippen LogP contribution is -2.36. The maximum atomic E-state index is 12.7. The number of benzene rings is 2. The van der Waals surface area contributed by atoms with Crippen LogP contribution in [0, 0.1) is 13.8 Å². The van der Waals surface area contributed by atoms with Crippen molar-refractivity contribution in [2.45, 2.75) is 35.3 Å². The third kappa shape index (κ3) is 6.97. The van der Waals surface area contributed by atoms with Crippen LogP contribution in [0.5, 0.6) is 0 Å². The first-order valence-corrected chi connectivity index (χ1v) is 13.2. The van der Waals surface area contributed by atoms with Gasteiger partial charge in [0.1, 0.15) is 6.10 Å². The van der Waals surface area contributed by atoms with Gasteiger partial charge in [-0.3, -0.25) is 12.5 Å². The van der Waals surface area contributed by atoms with Crippen molar-refractivity contribution in [3.8, 4) is 0 Å². The summed E-state index contributed by atoms with van der Waals surface area (Å²) in [5.41, 5.74) is -5.36. The van der Waals surface area contributed by atoms with Gasteiger partial charge in [-0.1, -0.05) is 36.4 Å². The lowest BCUT2D eigenvalue weighted by atomic mass is 10.2. The lowest BCUT2D eigenvalue weighted by Gasteiger charge is -2.19. The van der Waals surface area contributed by atoms with Crippen molar-refractivity contribution in [3.05, 3.63) is 59.7 Å². The molecular formula is C18H19F3O9S3. The van der Waals surface area contributed by atoms with Crippen LogP contribution in [0.2, 0.25) is 0 Å². The number of alkyl halides is 3. The van der Waals surface area contributed by atoms with Crippen LogP contribution < -0.4 is 0 Å². The Kier molecular flexibility index (Phi) is 8.30. The smallest absolute Gasteiger partial charge is 0.263 e. The van der Waals surface area contributed by atoms with Crippen LogP contribution in [0.1, 0.15) is 11.1 Å². The Labute approximate surface area is 189 Å². The average molecular weight is 533 g/mol. The molecule has 2 rings (SSSR count). The first-order valence-electron chi connectivity index (χ1n) is 8.96. The molecule has 0 saturated heterocycles. The second kappa shape index (κ2) is 10.1. The van der Waals surface area contributed by atoms with E-state index in [1.54, 1.807) is 0 Å². The number of halogens is 3. The predicted octanol–water partition coefficient (Wildman–Crippen LogP) is 2.65. The Morgan fingerprint density at radius 1 is 0.727 bits per heavy atom. The molecule has 2 aromatic rings. The molecule has 33 heavy (non-hydrogen) atoms. The molecule has 184 valence electrons. The second-order valence-corrected chi connectivity index (χ2v) is 11.4. The maximum Gasteiger partial charge on any atom is 0.523 e. The summed E-state index contributed by atoms with van der Waals surface area (Å²) in [4.78, 5) is -0.647. The first kappa shape index (κ1) is 27.2. The third-order valence-electron chi connectivity index (χ3n) is 4.09. The number of aryl methyl sites for hydroxylation is 2. The van der Waals surface area contributed by atoms with Gasteiger partial charge in [-0.25, -0.2) is 0 Å². The number of hydrogen-bond donors (Lipinski definition) is 0. The summed E-state index contributed by atoms with van der Waals surface area (Å²) in [6.45, 7) is 0.289. The van der Waals surface area contributed by atoms with Crippen molar-refractivity contribution in [1.29, 1.82) is 0 Å². The Morgan fingerprint density at radius 3 is 1.42 bits per heavy atom. The Hall–Kier alpha value is -2.04. The van der Waals surface area contributed by atoms with Gasteiger partial charge in [-0.05, 0) is 37.1 Å². The zero-order chi connectivity index (χ0) is 25.1. The zero-order valence-corrected chi connectivity index (χ0v) is 19.6. The average Bonchev–Trinajstić information content (AvgIpc) is 2.69. The minimum atomic E-state index is -6.23. The largest absolute Gasteiger partial charge is 0.523 e. The molecule has 0 amide bonds. The van der Waals surface area contributed by atoms with Gasteiger partial charge in [0.05, 0.1) is 23.0 Å². The van der Waals surface area contributed by atoms with Crippen LogP contribution in [-0.4, -0.2) is 50.1 Å². The Bertz CT molecular complexity index is 1220. The standard InChI is InChI=1S/C18H19F3O9S3/c1-13-7-3-5-9-16(13)31(22,23)28-11-15(30-33(26,27)18(19,20)21)12-29-32(24,25)17-10-6-4-8-14(17)2/h3-10,15H,11-12H2,1-2H3. The monoisotopic (exact) mass is 532 g/mol. The van der Waals surface area contributed by atoms with Crippen LogP contribution in [0.3, 0.4) is 0 Å². The molecule has 0 aliphatic heterocycles. The highest BCUT2D eigenvalue weighted by Gasteiger charge is 2.49. The summed E-state index contributed by atoms with van der Waals surface area (Å²) in [6.07, 6.45) is -2.27. The fourth-order valence-corrected chi connectivity index (χ4v) is 5.38. The summed E-state index contributed by atoms with van der Waals surface area (Å²) < 4.78 is 124. The molecule has 0 aromatic heterocycles. The molecule has 0 aliphatic carbocycles. The van der Waals surface area contributed by atoms with Gasteiger partial charge in [0, 0.05) is 0 Å².